The van der Waals surface area contributed by atoms with Crippen molar-refractivity contribution in [3.05, 3.63) is 87.9 Å². The summed E-state index contributed by atoms with van der Waals surface area (Å²) in [5.74, 6) is 0.219. The van der Waals surface area contributed by atoms with Crippen LogP contribution >= 0.6 is 11.6 Å². The van der Waals surface area contributed by atoms with E-state index in [9.17, 15) is 14.4 Å². The van der Waals surface area contributed by atoms with E-state index in [-0.39, 0.29) is 17.9 Å². The van der Waals surface area contributed by atoms with Gasteiger partial charge in [-0.15, -0.1) is 0 Å². The van der Waals surface area contributed by atoms with E-state index in [2.05, 4.69) is 5.32 Å². The van der Waals surface area contributed by atoms with E-state index < -0.39 is 17.8 Å². The van der Waals surface area contributed by atoms with E-state index in [1.165, 1.54) is 18.2 Å². The Morgan fingerprint density at radius 1 is 0.842 bits per heavy atom. The highest BCUT2D eigenvalue weighted by Gasteiger charge is 2.36. The summed E-state index contributed by atoms with van der Waals surface area (Å²) in [5, 5.41) is 2.66. The first-order valence-corrected chi connectivity index (χ1v) is 12.4. The number of barbiturate groups is 1. The van der Waals surface area contributed by atoms with Crippen LogP contribution in [0.4, 0.5) is 10.5 Å². The molecule has 1 aliphatic rings. The number of hydrogen-bond acceptors (Lipinski definition) is 6. The van der Waals surface area contributed by atoms with Gasteiger partial charge in [-0.05, 0) is 86.0 Å². The Hall–Kier alpha value is -4.30. The van der Waals surface area contributed by atoms with Gasteiger partial charge in [-0.2, -0.15) is 0 Å². The number of anilines is 1. The average molecular weight is 535 g/mol. The van der Waals surface area contributed by atoms with Gasteiger partial charge in [0.15, 0.2) is 11.5 Å². The summed E-state index contributed by atoms with van der Waals surface area (Å²) in [6, 6.07) is 16.4. The first kappa shape index (κ1) is 26.8. The van der Waals surface area contributed by atoms with E-state index in [0.29, 0.717) is 35.3 Å². The molecule has 4 amide bonds. The van der Waals surface area contributed by atoms with Crippen LogP contribution in [0.3, 0.4) is 0 Å². The van der Waals surface area contributed by atoms with Crippen LogP contribution in [0.5, 0.6) is 17.2 Å². The number of ether oxygens (including phenoxy) is 3. The third kappa shape index (κ3) is 6.15. The smallest absolute Gasteiger partial charge is 0.335 e. The van der Waals surface area contributed by atoms with E-state index in [1.54, 1.807) is 30.3 Å². The summed E-state index contributed by atoms with van der Waals surface area (Å²) < 4.78 is 17.5. The molecule has 38 heavy (non-hydrogen) atoms. The van der Waals surface area contributed by atoms with E-state index >= 15 is 0 Å². The number of amides is 4. The quantitative estimate of drug-likeness (QED) is 0.222. The molecule has 0 atom stereocenters. The van der Waals surface area contributed by atoms with Gasteiger partial charge in [-0.3, -0.25) is 14.9 Å². The number of imide groups is 2. The molecule has 0 aliphatic carbocycles. The topological polar surface area (TPSA) is 94.2 Å². The number of nitrogens with one attached hydrogen (secondary N) is 1. The fraction of sp³-hybridized carbons (Fsp3) is 0.207. The number of urea groups is 1. The largest absolute Gasteiger partial charge is 0.490 e. The van der Waals surface area contributed by atoms with E-state index in [0.717, 1.165) is 21.8 Å². The molecule has 1 saturated heterocycles. The number of nitrogens with zero attached hydrogens (tertiary/aromatic N) is 1. The molecule has 0 aromatic heterocycles. The van der Waals surface area contributed by atoms with Crippen molar-refractivity contribution in [2.45, 2.75) is 20.8 Å². The number of rotatable bonds is 9. The van der Waals surface area contributed by atoms with Crippen molar-refractivity contribution >= 4 is 41.2 Å². The third-order valence-corrected chi connectivity index (χ3v) is 5.96. The molecule has 1 fully saturated rings. The van der Waals surface area contributed by atoms with Gasteiger partial charge >= 0.3 is 6.03 Å². The van der Waals surface area contributed by atoms with E-state index in [4.69, 9.17) is 25.8 Å². The summed E-state index contributed by atoms with van der Waals surface area (Å²) in [4.78, 5) is 38.9. The SMILES string of the molecule is CCOc1cc(/C=C2/C(=O)NC(=O)N(c3ccc(Cl)cc3)C2=O)ccc1OCCOc1cc(C)ccc1C. The minimum atomic E-state index is -0.832. The van der Waals surface area contributed by atoms with Crippen molar-refractivity contribution in [2.75, 3.05) is 24.7 Å². The number of benzene rings is 3. The highest BCUT2D eigenvalue weighted by atomic mass is 35.5. The molecule has 3 aromatic rings. The zero-order valence-electron chi connectivity index (χ0n) is 21.2. The molecule has 1 aliphatic heterocycles. The maximum absolute atomic E-state index is 13.1. The van der Waals surface area contributed by atoms with Gasteiger partial charge in [0.05, 0.1) is 12.3 Å². The number of halogens is 1. The first-order valence-electron chi connectivity index (χ1n) is 12.0. The van der Waals surface area contributed by atoms with Gasteiger partial charge in [-0.1, -0.05) is 29.8 Å². The molecule has 0 spiro atoms. The normalized spacial score (nSPS) is 14.5. The second-order valence-corrected chi connectivity index (χ2v) is 8.98. The lowest BCUT2D eigenvalue weighted by atomic mass is 10.1. The van der Waals surface area contributed by atoms with Crippen molar-refractivity contribution in [3.63, 3.8) is 0 Å². The minimum Gasteiger partial charge on any atom is -0.490 e. The number of carbonyl (C=O) groups excluding carboxylic acids is 3. The second-order valence-electron chi connectivity index (χ2n) is 8.54. The van der Waals surface area contributed by atoms with E-state index in [1.807, 2.05) is 39.0 Å². The average Bonchev–Trinajstić information content (AvgIpc) is 2.88. The standard InChI is InChI=1S/C29H27ClN2O6/c1-4-36-26-17-20(7-12-24(26)37-13-14-38-25-15-18(2)5-6-19(25)3)16-23-27(33)31-29(35)32(28(23)34)22-10-8-21(30)9-11-22/h5-12,15-17H,4,13-14H2,1-3H3,(H,31,33,35)/b23-16-. The Bertz CT molecular complexity index is 1400. The van der Waals surface area contributed by atoms with Crippen LogP contribution in [0.15, 0.2) is 66.2 Å². The molecular weight excluding hydrogens is 508 g/mol. The molecule has 4 rings (SSSR count). The fourth-order valence-electron chi connectivity index (χ4n) is 3.82. The summed E-state index contributed by atoms with van der Waals surface area (Å²) in [6.07, 6.45) is 1.41. The lowest BCUT2D eigenvalue weighted by molar-refractivity contribution is -0.122. The molecular formula is C29H27ClN2O6. The van der Waals surface area contributed by atoms with Gasteiger partial charge in [-0.25, -0.2) is 9.69 Å². The number of aryl methyl sites for hydroxylation is 2. The minimum absolute atomic E-state index is 0.197. The van der Waals surface area contributed by atoms with Crippen LogP contribution in [-0.2, 0) is 9.59 Å². The van der Waals surface area contributed by atoms with Gasteiger partial charge in [0.2, 0.25) is 0 Å². The first-order chi connectivity index (χ1) is 18.3. The maximum Gasteiger partial charge on any atom is 0.335 e. The summed E-state index contributed by atoms with van der Waals surface area (Å²) >= 11 is 5.92. The van der Waals surface area contributed by atoms with Crippen LogP contribution in [0.1, 0.15) is 23.6 Å². The molecule has 0 radical (unpaired) electrons. The second kappa shape index (κ2) is 11.8. The molecule has 9 heteroatoms. The van der Waals surface area contributed by atoms with Crippen LogP contribution < -0.4 is 24.4 Å². The Kier molecular flexibility index (Phi) is 8.33. The number of carbonyl (C=O) groups is 3. The molecule has 0 saturated carbocycles. The Morgan fingerprint density at radius 3 is 2.26 bits per heavy atom. The van der Waals surface area contributed by atoms with Crippen molar-refractivity contribution in [1.82, 2.24) is 5.32 Å². The van der Waals surface area contributed by atoms with Crippen molar-refractivity contribution in [1.29, 1.82) is 0 Å². The molecule has 8 nitrogen and oxygen atoms in total. The van der Waals surface area contributed by atoms with Crippen molar-refractivity contribution < 1.29 is 28.6 Å². The summed E-state index contributed by atoms with van der Waals surface area (Å²) in [5.41, 5.74) is 2.77. The van der Waals surface area contributed by atoms with Crippen molar-refractivity contribution in [3.8, 4) is 17.2 Å². The Balaban J connectivity index is 1.50. The molecule has 196 valence electrons. The van der Waals surface area contributed by atoms with Crippen LogP contribution in [0.25, 0.3) is 6.08 Å². The zero-order valence-corrected chi connectivity index (χ0v) is 22.0. The van der Waals surface area contributed by atoms with Gasteiger partial charge in [0, 0.05) is 5.02 Å². The van der Waals surface area contributed by atoms with Crippen LogP contribution in [0, 0.1) is 13.8 Å². The molecule has 1 heterocycles. The molecule has 0 unspecified atom stereocenters. The van der Waals surface area contributed by atoms with Gasteiger partial charge < -0.3 is 14.2 Å². The Morgan fingerprint density at radius 2 is 1.55 bits per heavy atom. The monoisotopic (exact) mass is 534 g/mol. The Labute approximate surface area is 225 Å². The highest BCUT2D eigenvalue weighted by molar-refractivity contribution is 6.39. The zero-order chi connectivity index (χ0) is 27.2. The number of hydrogen-bond donors (Lipinski definition) is 1. The summed E-state index contributed by atoms with van der Waals surface area (Å²) in [6.45, 7) is 6.83. The van der Waals surface area contributed by atoms with Crippen LogP contribution in [0.2, 0.25) is 5.02 Å². The fourth-order valence-corrected chi connectivity index (χ4v) is 3.94. The lowest BCUT2D eigenvalue weighted by Crippen LogP contribution is -2.54. The predicted octanol–water partition coefficient (Wildman–Crippen LogP) is 5.48. The van der Waals surface area contributed by atoms with Gasteiger partial charge in [0.25, 0.3) is 11.8 Å². The predicted molar refractivity (Wildman–Crippen MR) is 145 cm³/mol. The highest BCUT2D eigenvalue weighted by Crippen LogP contribution is 2.30. The molecule has 1 N–H and O–H groups in total. The third-order valence-electron chi connectivity index (χ3n) is 5.71. The van der Waals surface area contributed by atoms with Gasteiger partial charge in [0.1, 0.15) is 24.5 Å². The maximum atomic E-state index is 13.1. The summed E-state index contributed by atoms with van der Waals surface area (Å²) in [7, 11) is 0. The molecule has 0 bridgehead atoms. The lowest BCUT2D eigenvalue weighted by Gasteiger charge is -2.26. The molecule has 3 aromatic carbocycles. The van der Waals surface area contributed by atoms with Crippen LogP contribution in [-0.4, -0.2) is 37.7 Å². The van der Waals surface area contributed by atoms with Crippen molar-refractivity contribution in [2.24, 2.45) is 0 Å².